The average Bonchev–Trinajstić information content (AvgIpc) is 3.63. The normalized spacial score (nSPS) is 14.2. The number of benzene rings is 2. The summed E-state index contributed by atoms with van der Waals surface area (Å²) in [6.07, 6.45) is 1.36. The van der Waals surface area contributed by atoms with Gasteiger partial charge in [0.05, 0.1) is 44.8 Å². The number of nitrogens with zero attached hydrogens (tertiary/aromatic N) is 2. The summed E-state index contributed by atoms with van der Waals surface area (Å²) in [5.74, 6) is -0.167. The van der Waals surface area contributed by atoms with Gasteiger partial charge >= 0.3 is 5.97 Å². The zero-order valence-electron chi connectivity index (χ0n) is 20.6. The van der Waals surface area contributed by atoms with Crippen molar-refractivity contribution in [1.82, 2.24) is 10.2 Å². The summed E-state index contributed by atoms with van der Waals surface area (Å²) in [6, 6.07) is 15.8. The van der Waals surface area contributed by atoms with Gasteiger partial charge in [0.2, 0.25) is 23.3 Å². The van der Waals surface area contributed by atoms with Crippen molar-refractivity contribution in [3.63, 3.8) is 0 Å². The highest BCUT2D eigenvalue weighted by atomic mass is 16.6. The van der Waals surface area contributed by atoms with Crippen LogP contribution in [-0.4, -0.2) is 37.5 Å². The molecule has 0 saturated carbocycles. The van der Waals surface area contributed by atoms with Gasteiger partial charge in [0.1, 0.15) is 17.4 Å². The number of allylic oxidation sites excluding steroid dienone is 1. The zero-order chi connectivity index (χ0) is 26.8. The van der Waals surface area contributed by atoms with Crippen molar-refractivity contribution >= 4 is 5.97 Å². The monoisotopic (exact) mass is 514 g/mol. The molecule has 0 bridgehead atoms. The molecule has 192 valence electrons. The van der Waals surface area contributed by atoms with Crippen LogP contribution in [0.25, 0.3) is 11.3 Å². The second-order valence-electron chi connectivity index (χ2n) is 8.09. The first-order valence-corrected chi connectivity index (χ1v) is 11.3. The van der Waals surface area contributed by atoms with Crippen molar-refractivity contribution in [3.8, 4) is 46.2 Å². The number of furan rings is 1. The number of carbonyl (C=O) groups excluding carboxylic acids is 1. The van der Waals surface area contributed by atoms with Gasteiger partial charge < -0.3 is 33.8 Å². The summed E-state index contributed by atoms with van der Waals surface area (Å²) in [7, 11) is 4.43. The van der Waals surface area contributed by atoms with E-state index in [1.165, 1.54) is 26.5 Å². The predicted octanol–water partition coefficient (Wildman–Crippen LogP) is 4.13. The SMILES string of the molecule is COc1ccc(-c2[nH]nc3c2[C@@H](c2cc(OC)c(OC(=O)c4ccco4)c(OC)c2)C(C#N)=C(N)O3)cc1. The summed E-state index contributed by atoms with van der Waals surface area (Å²) in [5, 5.41) is 17.4. The van der Waals surface area contributed by atoms with Gasteiger partial charge in [0, 0.05) is 5.56 Å². The third kappa shape index (κ3) is 4.14. The molecule has 11 heteroatoms. The van der Waals surface area contributed by atoms with Crippen LogP contribution in [0, 0.1) is 11.3 Å². The minimum atomic E-state index is -0.730. The average molecular weight is 514 g/mol. The van der Waals surface area contributed by atoms with E-state index in [1.54, 1.807) is 25.3 Å². The maximum atomic E-state index is 12.6. The fourth-order valence-corrected chi connectivity index (χ4v) is 4.26. The molecular weight excluding hydrogens is 492 g/mol. The molecule has 0 aliphatic carbocycles. The number of hydrogen-bond acceptors (Lipinski definition) is 10. The van der Waals surface area contributed by atoms with Crippen LogP contribution in [-0.2, 0) is 0 Å². The van der Waals surface area contributed by atoms with E-state index < -0.39 is 11.9 Å². The summed E-state index contributed by atoms with van der Waals surface area (Å²) < 4.78 is 32.7. The Balaban J connectivity index is 1.65. The number of aromatic nitrogens is 2. The van der Waals surface area contributed by atoms with Crippen molar-refractivity contribution in [2.45, 2.75) is 5.92 Å². The summed E-state index contributed by atoms with van der Waals surface area (Å²) >= 11 is 0. The van der Waals surface area contributed by atoms with Crippen LogP contribution < -0.4 is 29.4 Å². The van der Waals surface area contributed by atoms with Crippen molar-refractivity contribution in [2.75, 3.05) is 21.3 Å². The number of rotatable bonds is 7. The summed E-state index contributed by atoms with van der Waals surface area (Å²) in [6.45, 7) is 0. The fraction of sp³-hybridized carbons (Fsp3) is 0.148. The minimum absolute atomic E-state index is 0.0113. The Morgan fingerprint density at radius 2 is 1.79 bits per heavy atom. The maximum Gasteiger partial charge on any atom is 0.379 e. The molecule has 3 heterocycles. The van der Waals surface area contributed by atoms with E-state index >= 15 is 0 Å². The van der Waals surface area contributed by atoms with Crippen molar-refractivity contribution in [1.29, 1.82) is 5.26 Å². The van der Waals surface area contributed by atoms with Gasteiger partial charge in [-0.15, -0.1) is 5.10 Å². The molecular formula is C27H22N4O7. The third-order valence-electron chi connectivity index (χ3n) is 6.05. The molecule has 2 aromatic heterocycles. The van der Waals surface area contributed by atoms with Gasteiger partial charge in [-0.05, 0) is 54.1 Å². The second kappa shape index (κ2) is 9.94. The number of hydrogen-bond donors (Lipinski definition) is 2. The first-order chi connectivity index (χ1) is 18.5. The largest absolute Gasteiger partial charge is 0.497 e. The third-order valence-corrected chi connectivity index (χ3v) is 6.05. The van der Waals surface area contributed by atoms with E-state index in [0.717, 1.165) is 5.56 Å². The smallest absolute Gasteiger partial charge is 0.379 e. The molecule has 0 unspecified atom stereocenters. The first-order valence-electron chi connectivity index (χ1n) is 11.3. The molecule has 11 nitrogen and oxygen atoms in total. The molecule has 3 N–H and O–H groups in total. The molecule has 2 aromatic carbocycles. The lowest BCUT2D eigenvalue weighted by Crippen LogP contribution is -2.21. The lowest BCUT2D eigenvalue weighted by atomic mass is 9.82. The highest BCUT2D eigenvalue weighted by molar-refractivity contribution is 5.89. The van der Waals surface area contributed by atoms with Gasteiger partial charge in [-0.25, -0.2) is 4.79 Å². The zero-order valence-corrected chi connectivity index (χ0v) is 20.6. The molecule has 1 aliphatic heterocycles. The number of H-pyrrole nitrogens is 1. The quantitative estimate of drug-likeness (QED) is 0.272. The number of fused-ring (bicyclic) bond motifs is 1. The van der Waals surface area contributed by atoms with Gasteiger partial charge in [-0.2, -0.15) is 5.26 Å². The molecule has 4 aromatic rings. The van der Waals surface area contributed by atoms with Crippen LogP contribution in [0.1, 0.15) is 27.6 Å². The molecule has 5 rings (SSSR count). The molecule has 38 heavy (non-hydrogen) atoms. The first kappa shape index (κ1) is 24.3. The summed E-state index contributed by atoms with van der Waals surface area (Å²) in [5.41, 5.74) is 8.86. The number of methoxy groups -OCH3 is 3. The number of ether oxygens (including phenoxy) is 5. The van der Waals surface area contributed by atoms with Gasteiger partial charge in [-0.3, -0.25) is 5.10 Å². The van der Waals surface area contributed by atoms with E-state index in [0.29, 0.717) is 22.6 Å². The van der Waals surface area contributed by atoms with Crippen molar-refractivity contribution in [2.24, 2.45) is 5.73 Å². The standard InChI is InChI=1S/C27H22N4O7/c1-33-16-8-6-14(7-9-16)23-22-21(17(13-28)25(29)38-26(22)31-30-23)15-11-19(34-2)24(20(12-15)35-3)37-27(32)18-5-4-10-36-18/h4-12,21H,29H2,1-3H3,(H,30,31)/t21-/m0/s1. The highest BCUT2D eigenvalue weighted by Gasteiger charge is 2.37. The molecule has 0 saturated heterocycles. The van der Waals surface area contributed by atoms with Crippen LogP contribution in [0.3, 0.4) is 0 Å². The van der Waals surface area contributed by atoms with Crippen LogP contribution in [0.15, 0.2) is 70.7 Å². The number of esters is 1. The lowest BCUT2D eigenvalue weighted by Gasteiger charge is -2.25. The second-order valence-corrected chi connectivity index (χ2v) is 8.09. The molecule has 1 aliphatic rings. The molecule has 0 amide bonds. The number of nitrogens with one attached hydrogen (secondary N) is 1. The maximum absolute atomic E-state index is 12.6. The highest BCUT2D eigenvalue weighted by Crippen LogP contribution is 2.49. The topological polar surface area (TPSA) is 155 Å². The molecule has 0 spiro atoms. The molecule has 0 radical (unpaired) electrons. The van der Waals surface area contributed by atoms with Gasteiger partial charge in [0.25, 0.3) is 0 Å². The predicted molar refractivity (Wildman–Crippen MR) is 133 cm³/mol. The Labute approximate surface area is 216 Å². The van der Waals surface area contributed by atoms with Crippen LogP contribution >= 0.6 is 0 Å². The van der Waals surface area contributed by atoms with E-state index in [1.807, 2.05) is 24.3 Å². The summed E-state index contributed by atoms with van der Waals surface area (Å²) in [4.78, 5) is 12.6. The minimum Gasteiger partial charge on any atom is -0.497 e. The molecule has 1 atom stereocenters. The van der Waals surface area contributed by atoms with E-state index in [4.69, 9.17) is 33.8 Å². The van der Waals surface area contributed by atoms with E-state index in [9.17, 15) is 10.1 Å². The van der Waals surface area contributed by atoms with Gasteiger partial charge in [-0.1, -0.05) is 0 Å². The van der Waals surface area contributed by atoms with Gasteiger partial charge in [0.15, 0.2) is 11.5 Å². The number of carbonyl (C=O) groups is 1. The number of nitriles is 1. The van der Waals surface area contributed by atoms with Crippen molar-refractivity contribution in [3.05, 3.63) is 83.1 Å². The Hall–Kier alpha value is -5.37. The lowest BCUT2D eigenvalue weighted by molar-refractivity contribution is 0.0691. The fourth-order valence-electron chi connectivity index (χ4n) is 4.26. The number of aromatic amines is 1. The van der Waals surface area contributed by atoms with E-state index in [2.05, 4.69) is 16.3 Å². The number of nitrogens with two attached hydrogens (primary N) is 1. The Morgan fingerprint density at radius 3 is 2.37 bits per heavy atom. The Kier molecular flexibility index (Phi) is 6.37. The van der Waals surface area contributed by atoms with E-state index in [-0.39, 0.29) is 40.3 Å². The van der Waals surface area contributed by atoms with Crippen molar-refractivity contribution < 1.29 is 32.9 Å². The van der Waals surface area contributed by atoms with Crippen LogP contribution in [0.2, 0.25) is 0 Å². The Bertz CT molecular complexity index is 1540. The van der Waals surface area contributed by atoms with Crippen LogP contribution in [0.5, 0.6) is 28.9 Å². The Morgan fingerprint density at radius 1 is 1.08 bits per heavy atom. The molecule has 0 fully saturated rings. The van der Waals surface area contributed by atoms with Crippen LogP contribution in [0.4, 0.5) is 0 Å².